The van der Waals surface area contributed by atoms with Crippen LogP contribution >= 0.6 is 0 Å². The highest BCUT2D eigenvalue weighted by molar-refractivity contribution is 5.60. The lowest BCUT2D eigenvalue weighted by Crippen LogP contribution is -2.15. The molecule has 4 heteroatoms. The van der Waals surface area contributed by atoms with Crippen molar-refractivity contribution in [1.29, 1.82) is 5.26 Å². The minimum Gasteiger partial charge on any atom is -0.329 e. The molecule has 1 aromatic heterocycles. The van der Waals surface area contributed by atoms with Crippen molar-refractivity contribution in [2.75, 3.05) is 19.0 Å². The molecule has 20 heavy (non-hydrogen) atoms. The Morgan fingerprint density at radius 1 is 1.25 bits per heavy atom. The van der Waals surface area contributed by atoms with Gasteiger partial charge < -0.3 is 10.2 Å². The van der Waals surface area contributed by atoms with E-state index in [4.69, 9.17) is 5.26 Å². The van der Waals surface area contributed by atoms with Crippen molar-refractivity contribution in [3.8, 4) is 6.07 Å². The van der Waals surface area contributed by atoms with Crippen LogP contribution in [-0.4, -0.2) is 19.1 Å². The first-order valence-electron chi connectivity index (χ1n) is 6.53. The van der Waals surface area contributed by atoms with Gasteiger partial charge in [0.2, 0.25) is 0 Å². The van der Waals surface area contributed by atoms with Gasteiger partial charge in [0.15, 0.2) is 0 Å². The molecule has 1 atom stereocenters. The van der Waals surface area contributed by atoms with E-state index in [0.717, 1.165) is 11.5 Å². The Morgan fingerprint density at radius 2 is 1.95 bits per heavy atom. The van der Waals surface area contributed by atoms with Crippen molar-refractivity contribution in [2.24, 2.45) is 0 Å². The Kier molecular flexibility index (Phi) is 4.34. The van der Waals surface area contributed by atoms with Crippen molar-refractivity contribution in [2.45, 2.75) is 13.0 Å². The van der Waals surface area contributed by atoms with Crippen LogP contribution in [0, 0.1) is 11.3 Å². The number of nitriles is 1. The summed E-state index contributed by atoms with van der Waals surface area (Å²) in [5, 5.41) is 12.0. The van der Waals surface area contributed by atoms with Gasteiger partial charge in [-0.15, -0.1) is 0 Å². The number of aromatic nitrogens is 1. The van der Waals surface area contributed by atoms with E-state index < -0.39 is 0 Å². The lowest BCUT2D eigenvalue weighted by molar-refractivity contribution is 0.651. The number of nitrogens with zero attached hydrogens (tertiary/aromatic N) is 3. The molecule has 0 saturated heterocycles. The predicted molar refractivity (Wildman–Crippen MR) is 80.9 cm³/mol. The van der Waals surface area contributed by atoms with Crippen LogP contribution in [0.1, 0.15) is 24.1 Å². The predicted octanol–water partition coefficient (Wildman–Crippen LogP) is 3.00. The van der Waals surface area contributed by atoms with Gasteiger partial charge in [-0.05, 0) is 55.9 Å². The summed E-state index contributed by atoms with van der Waals surface area (Å²) < 4.78 is 0. The summed E-state index contributed by atoms with van der Waals surface area (Å²) in [6.45, 7) is 2.11. The molecular formula is C16H18N4. The molecule has 1 unspecified atom stereocenters. The molecule has 102 valence electrons. The molecule has 1 N–H and O–H groups in total. The van der Waals surface area contributed by atoms with Crippen molar-refractivity contribution < 1.29 is 0 Å². The fourth-order valence-corrected chi connectivity index (χ4v) is 1.95. The second-order valence-electron chi connectivity index (χ2n) is 4.68. The third-order valence-electron chi connectivity index (χ3n) is 3.43. The number of hydrogen-bond donors (Lipinski definition) is 1. The number of hydrogen-bond acceptors (Lipinski definition) is 4. The van der Waals surface area contributed by atoms with Gasteiger partial charge >= 0.3 is 0 Å². The van der Waals surface area contributed by atoms with E-state index >= 15 is 0 Å². The summed E-state index contributed by atoms with van der Waals surface area (Å²) in [4.78, 5) is 6.42. The van der Waals surface area contributed by atoms with Crippen LogP contribution < -0.4 is 10.2 Å². The van der Waals surface area contributed by atoms with Gasteiger partial charge in [-0.3, -0.25) is 0 Å². The smallest absolute Gasteiger partial charge is 0.132 e. The first kappa shape index (κ1) is 14.0. The average molecular weight is 266 g/mol. The first-order valence-corrected chi connectivity index (χ1v) is 6.53. The molecule has 0 saturated carbocycles. The summed E-state index contributed by atoms with van der Waals surface area (Å²) in [5.41, 5.74) is 2.86. The lowest BCUT2D eigenvalue weighted by Gasteiger charge is -2.20. The maximum Gasteiger partial charge on any atom is 0.132 e. The molecule has 1 aromatic carbocycles. The number of pyridine rings is 1. The maximum absolute atomic E-state index is 8.83. The van der Waals surface area contributed by atoms with Crippen LogP contribution in [0.15, 0.2) is 42.6 Å². The van der Waals surface area contributed by atoms with E-state index in [-0.39, 0.29) is 6.04 Å². The fraction of sp³-hybridized carbons (Fsp3) is 0.250. The minimum atomic E-state index is 0.283. The van der Waals surface area contributed by atoms with Crippen LogP contribution in [0.3, 0.4) is 0 Å². The van der Waals surface area contributed by atoms with E-state index in [1.54, 1.807) is 0 Å². The summed E-state index contributed by atoms with van der Waals surface area (Å²) in [5.74, 6) is 0.884. The highest BCUT2D eigenvalue weighted by atomic mass is 15.2. The molecule has 0 bridgehead atoms. The Morgan fingerprint density at radius 3 is 2.55 bits per heavy atom. The summed E-state index contributed by atoms with van der Waals surface area (Å²) in [7, 11) is 3.91. The van der Waals surface area contributed by atoms with Crippen LogP contribution in [0.25, 0.3) is 0 Å². The van der Waals surface area contributed by atoms with Crippen molar-refractivity contribution >= 4 is 11.5 Å². The molecular weight excluding hydrogens is 248 g/mol. The molecule has 0 aliphatic carbocycles. The molecule has 4 nitrogen and oxygen atoms in total. The molecule has 0 fully saturated rings. The van der Waals surface area contributed by atoms with E-state index in [2.05, 4.69) is 29.4 Å². The molecule has 0 amide bonds. The summed E-state index contributed by atoms with van der Waals surface area (Å²) in [6, 6.07) is 14.0. The highest BCUT2D eigenvalue weighted by Gasteiger charge is 2.08. The lowest BCUT2D eigenvalue weighted by atomic mass is 10.1. The zero-order valence-electron chi connectivity index (χ0n) is 12.0. The summed E-state index contributed by atoms with van der Waals surface area (Å²) >= 11 is 0. The average Bonchev–Trinajstić information content (AvgIpc) is 2.53. The Labute approximate surface area is 119 Å². The normalized spacial score (nSPS) is 11.7. The second kappa shape index (κ2) is 6.18. The zero-order chi connectivity index (χ0) is 14.5. The zero-order valence-corrected chi connectivity index (χ0v) is 12.0. The summed E-state index contributed by atoms with van der Waals surface area (Å²) in [6.07, 6.45) is 1.82. The van der Waals surface area contributed by atoms with Crippen LogP contribution in [-0.2, 0) is 0 Å². The van der Waals surface area contributed by atoms with Crippen molar-refractivity contribution in [3.05, 3.63) is 53.7 Å². The van der Waals surface area contributed by atoms with Crippen LogP contribution in [0.5, 0.6) is 0 Å². The second-order valence-corrected chi connectivity index (χ2v) is 4.68. The standard InChI is InChI=1S/C16H18N4/c1-12(18-2)14-8-9-19-16(10-14)20(3)15-6-4-13(11-17)5-7-15/h4-10,12,18H,1-3H3. The quantitative estimate of drug-likeness (QED) is 0.924. The first-order chi connectivity index (χ1) is 9.65. The van der Waals surface area contributed by atoms with Gasteiger partial charge in [0.25, 0.3) is 0 Å². The fourth-order valence-electron chi connectivity index (χ4n) is 1.95. The molecule has 1 heterocycles. The van der Waals surface area contributed by atoms with Gasteiger partial charge in [0.05, 0.1) is 11.6 Å². The number of anilines is 2. The number of rotatable bonds is 4. The molecule has 0 aliphatic rings. The van der Waals surface area contributed by atoms with Gasteiger partial charge in [-0.2, -0.15) is 5.26 Å². The highest BCUT2D eigenvalue weighted by Crippen LogP contribution is 2.24. The Balaban J connectivity index is 2.28. The Hall–Kier alpha value is -2.38. The van der Waals surface area contributed by atoms with Gasteiger partial charge in [-0.25, -0.2) is 4.98 Å². The molecule has 0 aliphatic heterocycles. The monoisotopic (exact) mass is 266 g/mol. The molecule has 2 aromatic rings. The van der Waals surface area contributed by atoms with E-state index in [1.165, 1.54) is 5.56 Å². The van der Waals surface area contributed by atoms with Gasteiger partial charge in [0.1, 0.15) is 5.82 Å². The van der Waals surface area contributed by atoms with Crippen molar-refractivity contribution in [3.63, 3.8) is 0 Å². The Bertz CT molecular complexity index is 613. The molecule has 0 spiro atoms. The minimum absolute atomic E-state index is 0.283. The SMILES string of the molecule is CNC(C)c1ccnc(N(C)c2ccc(C#N)cc2)c1. The van der Waals surface area contributed by atoms with Gasteiger partial charge in [0, 0.05) is 25.0 Å². The maximum atomic E-state index is 8.83. The number of benzene rings is 1. The van der Waals surface area contributed by atoms with E-state index in [1.807, 2.05) is 55.5 Å². The largest absolute Gasteiger partial charge is 0.329 e. The molecule has 2 rings (SSSR count). The van der Waals surface area contributed by atoms with Crippen LogP contribution in [0.4, 0.5) is 11.5 Å². The third kappa shape index (κ3) is 2.95. The molecule has 0 radical (unpaired) electrons. The number of nitrogens with one attached hydrogen (secondary N) is 1. The topological polar surface area (TPSA) is 52.0 Å². The van der Waals surface area contributed by atoms with Crippen LogP contribution in [0.2, 0.25) is 0 Å². The van der Waals surface area contributed by atoms with E-state index in [0.29, 0.717) is 5.56 Å². The van der Waals surface area contributed by atoms with Gasteiger partial charge in [-0.1, -0.05) is 0 Å². The third-order valence-corrected chi connectivity index (χ3v) is 3.43. The van der Waals surface area contributed by atoms with E-state index in [9.17, 15) is 0 Å². The van der Waals surface area contributed by atoms with Crippen molar-refractivity contribution in [1.82, 2.24) is 10.3 Å².